The van der Waals surface area contributed by atoms with Gasteiger partial charge in [-0.2, -0.15) is 0 Å². The maximum absolute atomic E-state index is 5.94. The molecule has 2 heterocycles. The molecule has 0 N–H and O–H groups in total. The molecule has 1 fully saturated rings. The number of likely N-dealkylation sites (tertiary alicyclic amines) is 1. The number of nitrogens with zero attached hydrogens (tertiary/aromatic N) is 2. The van der Waals surface area contributed by atoms with Crippen LogP contribution in [0.25, 0.3) is 10.2 Å². The summed E-state index contributed by atoms with van der Waals surface area (Å²) in [6.45, 7) is 5.80. The van der Waals surface area contributed by atoms with Gasteiger partial charge in [-0.3, -0.25) is 4.90 Å². The SMILES string of the molecule is CCCC1CCN(Cc2ccc(Oc3nc4ccccc4s3)cc2)CC1. The number of piperidine rings is 1. The van der Waals surface area contributed by atoms with Gasteiger partial charge in [-0.05, 0) is 61.7 Å². The van der Waals surface area contributed by atoms with Gasteiger partial charge < -0.3 is 4.74 Å². The molecule has 1 aromatic heterocycles. The van der Waals surface area contributed by atoms with Crippen LogP contribution in [-0.4, -0.2) is 23.0 Å². The first-order chi connectivity index (χ1) is 12.8. The fourth-order valence-corrected chi connectivity index (χ4v) is 4.59. The van der Waals surface area contributed by atoms with Gasteiger partial charge in [0.2, 0.25) is 0 Å². The molecule has 0 amide bonds. The third-order valence-electron chi connectivity index (χ3n) is 5.21. The van der Waals surface area contributed by atoms with E-state index in [0.29, 0.717) is 5.19 Å². The zero-order valence-electron chi connectivity index (χ0n) is 15.4. The predicted molar refractivity (Wildman–Crippen MR) is 109 cm³/mol. The number of aromatic nitrogens is 1. The average molecular weight is 367 g/mol. The van der Waals surface area contributed by atoms with Gasteiger partial charge in [0, 0.05) is 6.54 Å². The molecule has 3 aromatic rings. The molecule has 0 unspecified atom stereocenters. The van der Waals surface area contributed by atoms with Crippen LogP contribution in [-0.2, 0) is 6.54 Å². The number of benzene rings is 2. The van der Waals surface area contributed by atoms with Gasteiger partial charge in [-0.15, -0.1) is 0 Å². The number of hydrogen-bond acceptors (Lipinski definition) is 4. The van der Waals surface area contributed by atoms with E-state index in [1.54, 1.807) is 11.3 Å². The summed E-state index contributed by atoms with van der Waals surface area (Å²) in [6, 6.07) is 16.6. The van der Waals surface area contributed by atoms with Crippen LogP contribution in [0.4, 0.5) is 0 Å². The molecule has 136 valence electrons. The number of rotatable bonds is 6. The lowest BCUT2D eigenvalue weighted by molar-refractivity contribution is 0.172. The van der Waals surface area contributed by atoms with Gasteiger partial charge in [0.1, 0.15) is 5.75 Å². The highest BCUT2D eigenvalue weighted by molar-refractivity contribution is 7.20. The minimum Gasteiger partial charge on any atom is -0.431 e. The summed E-state index contributed by atoms with van der Waals surface area (Å²) >= 11 is 1.59. The number of hydrogen-bond donors (Lipinski definition) is 0. The highest BCUT2D eigenvalue weighted by atomic mass is 32.1. The van der Waals surface area contributed by atoms with Crippen LogP contribution in [0.1, 0.15) is 38.2 Å². The Bertz CT molecular complexity index is 802. The maximum Gasteiger partial charge on any atom is 0.279 e. The Morgan fingerprint density at radius 2 is 1.85 bits per heavy atom. The molecule has 1 saturated heterocycles. The van der Waals surface area contributed by atoms with Crippen LogP contribution in [0.2, 0.25) is 0 Å². The topological polar surface area (TPSA) is 25.4 Å². The van der Waals surface area contributed by atoms with E-state index < -0.39 is 0 Å². The van der Waals surface area contributed by atoms with E-state index in [0.717, 1.165) is 28.4 Å². The minimum atomic E-state index is 0.706. The number of para-hydroxylation sites is 1. The molecule has 26 heavy (non-hydrogen) atoms. The molecular weight excluding hydrogens is 340 g/mol. The molecule has 0 bridgehead atoms. The molecule has 4 heteroatoms. The molecule has 4 rings (SSSR count). The summed E-state index contributed by atoms with van der Waals surface area (Å²) in [5.74, 6) is 1.80. The van der Waals surface area contributed by atoms with Crippen molar-refractivity contribution in [1.29, 1.82) is 0 Å². The van der Waals surface area contributed by atoms with E-state index in [9.17, 15) is 0 Å². The molecule has 0 atom stereocenters. The first kappa shape index (κ1) is 17.5. The Morgan fingerprint density at radius 3 is 2.58 bits per heavy atom. The van der Waals surface area contributed by atoms with Gasteiger partial charge in [-0.25, -0.2) is 4.98 Å². The largest absolute Gasteiger partial charge is 0.431 e. The monoisotopic (exact) mass is 366 g/mol. The van der Waals surface area contributed by atoms with Crippen molar-refractivity contribution in [1.82, 2.24) is 9.88 Å². The van der Waals surface area contributed by atoms with E-state index in [4.69, 9.17) is 4.74 Å². The molecule has 3 nitrogen and oxygen atoms in total. The zero-order valence-corrected chi connectivity index (χ0v) is 16.2. The summed E-state index contributed by atoms with van der Waals surface area (Å²) in [6.07, 6.45) is 5.42. The Kier molecular flexibility index (Phi) is 5.51. The van der Waals surface area contributed by atoms with Crippen molar-refractivity contribution in [3.8, 4) is 10.9 Å². The van der Waals surface area contributed by atoms with E-state index in [1.807, 2.05) is 18.2 Å². The Morgan fingerprint density at radius 1 is 1.08 bits per heavy atom. The normalized spacial score (nSPS) is 16.2. The summed E-state index contributed by atoms with van der Waals surface area (Å²) < 4.78 is 7.10. The smallest absolute Gasteiger partial charge is 0.279 e. The lowest BCUT2D eigenvalue weighted by Crippen LogP contribution is -2.33. The highest BCUT2D eigenvalue weighted by Crippen LogP contribution is 2.31. The minimum absolute atomic E-state index is 0.706. The highest BCUT2D eigenvalue weighted by Gasteiger charge is 2.18. The average Bonchev–Trinajstić information content (AvgIpc) is 3.07. The van der Waals surface area contributed by atoms with Crippen LogP contribution in [0.15, 0.2) is 48.5 Å². The van der Waals surface area contributed by atoms with Crippen LogP contribution < -0.4 is 4.74 Å². The second-order valence-corrected chi connectivity index (χ2v) is 8.19. The molecule has 0 aliphatic carbocycles. The third kappa shape index (κ3) is 4.25. The van der Waals surface area contributed by atoms with E-state index in [-0.39, 0.29) is 0 Å². The summed E-state index contributed by atoms with van der Waals surface area (Å²) in [4.78, 5) is 7.11. The molecule has 0 saturated carbocycles. The van der Waals surface area contributed by atoms with Crippen molar-refractivity contribution in [2.24, 2.45) is 5.92 Å². The van der Waals surface area contributed by atoms with E-state index in [2.05, 4.69) is 47.1 Å². The number of thiazole rings is 1. The summed E-state index contributed by atoms with van der Waals surface area (Å²) in [5.41, 5.74) is 2.35. The Balaban J connectivity index is 1.33. The lowest BCUT2D eigenvalue weighted by atomic mass is 9.92. The zero-order chi connectivity index (χ0) is 17.8. The standard InChI is InChI=1S/C22H26N2OS/c1-2-5-17-12-14-24(15-13-17)16-18-8-10-19(11-9-18)25-22-23-20-6-3-4-7-21(20)26-22/h3-4,6-11,17H,2,5,12-16H2,1H3. The Labute approximate surface area is 159 Å². The quantitative estimate of drug-likeness (QED) is 0.527. The lowest BCUT2D eigenvalue weighted by Gasteiger charge is -2.31. The van der Waals surface area contributed by atoms with Crippen molar-refractivity contribution in [2.45, 2.75) is 39.2 Å². The van der Waals surface area contributed by atoms with Crippen LogP contribution in [0.3, 0.4) is 0 Å². The molecule has 0 spiro atoms. The maximum atomic E-state index is 5.94. The van der Waals surface area contributed by atoms with Crippen molar-refractivity contribution in [3.63, 3.8) is 0 Å². The fourth-order valence-electron chi connectivity index (χ4n) is 3.76. The second-order valence-electron chi connectivity index (χ2n) is 7.20. The van der Waals surface area contributed by atoms with Gasteiger partial charge in [0.25, 0.3) is 5.19 Å². The van der Waals surface area contributed by atoms with Crippen molar-refractivity contribution in [2.75, 3.05) is 13.1 Å². The van der Waals surface area contributed by atoms with E-state index >= 15 is 0 Å². The molecule has 0 radical (unpaired) electrons. The van der Waals surface area contributed by atoms with Crippen LogP contribution in [0, 0.1) is 5.92 Å². The predicted octanol–water partition coefficient (Wildman–Crippen LogP) is 6.10. The van der Waals surface area contributed by atoms with Gasteiger partial charge in [0.05, 0.1) is 10.2 Å². The number of ether oxygens (including phenoxy) is 1. The molecule has 1 aliphatic rings. The molecular formula is C22H26N2OS. The van der Waals surface area contributed by atoms with Crippen molar-refractivity contribution >= 4 is 21.6 Å². The fraction of sp³-hybridized carbons (Fsp3) is 0.409. The van der Waals surface area contributed by atoms with Crippen LogP contribution in [0.5, 0.6) is 10.9 Å². The van der Waals surface area contributed by atoms with Gasteiger partial charge in [0.15, 0.2) is 0 Å². The summed E-state index contributed by atoms with van der Waals surface area (Å²) in [7, 11) is 0. The van der Waals surface area contributed by atoms with Gasteiger partial charge >= 0.3 is 0 Å². The summed E-state index contributed by atoms with van der Waals surface area (Å²) in [5, 5.41) is 0.706. The third-order valence-corrected chi connectivity index (χ3v) is 6.13. The second kappa shape index (κ2) is 8.19. The van der Waals surface area contributed by atoms with Crippen molar-refractivity contribution in [3.05, 3.63) is 54.1 Å². The Hall–Kier alpha value is -1.91. The molecule has 2 aromatic carbocycles. The van der Waals surface area contributed by atoms with Gasteiger partial charge in [-0.1, -0.05) is 55.4 Å². The first-order valence-electron chi connectivity index (χ1n) is 9.65. The van der Waals surface area contributed by atoms with Crippen molar-refractivity contribution < 1.29 is 4.74 Å². The number of fused-ring (bicyclic) bond motifs is 1. The first-order valence-corrected chi connectivity index (χ1v) is 10.5. The van der Waals surface area contributed by atoms with Crippen LogP contribution >= 0.6 is 11.3 Å². The van der Waals surface area contributed by atoms with E-state index in [1.165, 1.54) is 44.3 Å². The molecule has 1 aliphatic heterocycles.